The molecule has 0 aromatic rings. The molecule has 0 aromatic carbocycles. The second-order valence-electron chi connectivity index (χ2n) is 6.35. The first kappa shape index (κ1) is 24.1. The van der Waals surface area contributed by atoms with Crippen molar-refractivity contribution in [2.75, 3.05) is 7.11 Å². The summed E-state index contributed by atoms with van der Waals surface area (Å²) < 4.78 is 31.8. The molecule has 0 spiro atoms. The van der Waals surface area contributed by atoms with E-state index in [0.717, 1.165) is 26.4 Å². The van der Waals surface area contributed by atoms with Gasteiger partial charge in [0.05, 0.1) is 12.7 Å². The Kier molecular flexibility index (Phi) is 14.5. The fourth-order valence-electron chi connectivity index (χ4n) is 2.39. The van der Waals surface area contributed by atoms with Crippen molar-refractivity contribution in [2.45, 2.75) is 97.0 Å². The molecule has 0 bridgehead atoms. The van der Waals surface area contributed by atoms with Gasteiger partial charge in [0.1, 0.15) is 0 Å². The molecule has 0 aliphatic carbocycles. The minimum atomic E-state index is -3.84. The third kappa shape index (κ3) is 14.8. The van der Waals surface area contributed by atoms with Gasteiger partial charge in [0.15, 0.2) is 0 Å². The van der Waals surface area contributed by atoms with Crippen LogP contribution in [0.2, 0.25) is 0 Å². The first-order valence-electron chi connectivity index (χ1n) is 8.34. The van der Waals surface area contributed by atoms with Crippen molar-refractivity contribution in [2.24, 2.45) is 0 Å². The summed E-state index contributed by atoms with van der Waals surface area (Å²) >= 11 is 0. The minimum Gasteiger partial charge on any atom is -0.344 e. The Hall–Kier alpha value is -0.170. The van der Waals surface area contributed by atoms with Gasteiger partial charge in [-0.25, -0.2) is 4.18 Å². The average Bonchev–Trinajstić information content (AvgIpc) is 2.39. The molecular weight excluding hydrogens is 302 g/mol. The van der Waals surface area contributed by atoms with Crippen LogP contribution in [0.15, 0.2) is 0 Å². The molecule has 0 radical (unpaired) electrons. The van der Waals surface area contributed by atoms with E-state index in [2.05, 4.69) is 11.1 Å². The van der Waals surface area contributed by atoms with E-state index in [1.54, 1.807) is 13.8 Å². The second-order valence-corrected chi connectivity index (χ2v) is 7.67. The van der Waals surface area contributed by atoms with Crippen LogP contribution in [0.1, 0.15) is 91.4 Å². The molecule has 136 valence electrons. The largest absolute Gasteiger partial charge is 0.400 e. The van der Waals surface area contributed by atoms with Crippen LogP contribution in [0.25, 0.3) is 0 Å². The van der Waals surface area contributed by atoms with Crippen LogP contribution < -0.4 is 6.15 Å². The molecule has 22 heavy (non-hydrogen) atoms. The molecule has 0 heterocycles. The SMILES string of the molecule is CCCCCCCCCCCCC(C)(C)OS(=O)(=O)OC.N. The summed E-state index contributed by atoms with van der Waals surface area (Å²) in [6.07, 6.45) is 13.4. The Morgan fingerprint density at radius 3 is 1.64 bits per heavy atom. The molecular formula is C16H37NO4S. The monoisotopic (exact) mass is 339 g/mol. The van der Waals surface area contributed by atoms with Crippen molar-refractivity contribution >= 4 is 10.4 Å². The highest BCUT2D eigenvalue weighted by Crippen LogP contribution is 2.22. The molecule has 0 aliphatic heterocycles. The van der Waals surface area contributed by atoms with Gasteiger partial charge in [-0.05, 0) is 20.3 Å². The average molecular weight is 340 g/mol. The quantitative estimate of drug-likeness (QED) is 0.442. The van der Waals surface area contributed by atoms with Gasteiger partial charge in [-0.15, -0.1) is 0 Å². The zero-order valence-electron chi connectivity index (χ0n) is 15.0. The van der Waals surface area contributed by atoms with Crippen LogP contribution in [0.4, 0.5) is 0 Å². The zero-order chi connectivity index (χ0) is 16.2. The lowest BCUT2D eigenvalue weighted by molar-refractivity contribution is 0.0820. The third-order valence-corrected chi connectivity index (χ3v) is 4.73. The maximum absolute atomic E-state index is 11.3. The van der Waals surface area contributed by atoms with E-state index in [4.69, 9.17) is 4.18 Å². The summed E-state index contributed by atoms with van der Waals surface area (Å²) in [5.74, 6) is 0. The normalized spacial score (nSPS) is 12.2. The van der Waals surface area contributed by atoms with Crippen LogP contribution >= 0.6 is 0 Å². The Balaban J connectivity index is 0. The maximum Gasteiger partial charge on any atom is 0.400 e. The van der Waals surface area contributed by atoms with E-state index in [1.807, 2.05) is 0 Å². The molecule has 5 nitrogen and oxygen atoms in total. The topological polar surface area (TPSA) is 87.6 Å². The lowest BCUT2D eigenvalue weighted by Gasteiger charge is -2.23. The Bertz CT molecular complexity index is 342. The Labute approximate surface area is 138 Å². The summed E-state index contributed by atoms with van der Waals surface area (Å²) in [5, 5.41) is 0. The van der Waals surface area contributed by atoms with Crippen molar-refractivity contribution in [1.29, 1.82) is 0 Å². The first-order chi connectivity index (χ1) is 9.83. The predicted octanol–water partition coefficient (Wildman–Crippen LogP) is 5.15. The highest BCUT2D eigenvalue weighted by molar-refractivity contribution is 7.81. The van der Waals surface area contributed by atoms with Crippen LogP contribution in [0, 0.1) is 0 Å². The van der Waals surface area contributed by atoms with E-state index in [9.17, 15) is 8.42 Å². The van der Waals surface area contributed by atoms with Crippen molar-refractivity contribution in [3.63, 3.8) is 0 Å². The molecule has 0 amide bonds. The zero-order valence-corrected chi connectivity index (χ0v) is 15.8. The number of hydrogen-bond donors (Lipinski definition) is 1. The number of rotatable bonds is 14. The molecule has 0 rings (SSSR count). The van der Waals surface area contributed by atoms with Crippen LogP contribution in [0.3, 0.4) is 0 Å². The van der Waals surface area contributed by atoms with Gasteiger partial charge in [-0.2, -0.15) is 8.42 Å². The van der Waals surface area contributed by atoms with Gasteiger partial charge in [0, 0.05) is 0 Å². The number of unbranched alkanes of at least 4 members (excludes halogenated alkanes) is 9. The lowest BCUT2D eigenvalue weighted by Crippen LogP contribution is -2.28. The van der Waals surface area contributed by atoms with E-state index in [-0.39, 0.29) is 6.15 Å². The molecule has 0 fully saturated rings. The van der Waals surface area contributed by atoms with E-state index >= 15 is 0 Å². The Morgan fingerprint density at radius 2 is 1.23 bits per heavy atom. The van der Waals surface area contributed by atoms with Crippen molar-refractivity contribution in [3.8, 4) is 0 Å². The predicted molar refractivity (Wildman–Crippen MR) is 92.6 cm³/mol. The van der Waals surface area contributed by atoms with Gasteiger partial charge in [-0.1, -0.05) is 71.1 Å². The smallest absolute Gasteiger partial charge is 0.344 e. The van der Waals surface area contributed by atoms with E-state index in [1.165, 1.54) is 51.4 Å². The summed E-state index contributed by atoms with van der Waals surface area (Å²) in [6.45, 7) is 5.82. The number of hydrogen-bond acceptors (Lipinski definition) is 5. The molecule has 0 aromatic heterocycles. The minimum absolute atomic E-state index is 0. The fourth-order valence-corrected chi connectivity index (χ4v) is 3.09. The summed E-state index contributed by atoms with van der Waals surface area (Å²) in [5.41, 5.74) is -0.686. The van der Waals surface area contributed by atoms with Gasteiger partial charge in [-0.3, -0.25) is 4.18 Å². The highest BCUT2D eigenvalue weighted by Gasteiger charge is 2.26. The second kappa shape index (κ2) is 13.3. The molecule has 0 aliphatic rings. The summed E-state index contributed by atoms with van der Waals surface area (Å²) in [4.78, 5) is 0. The van der Waals surface area contributed by atoms with Crippen molar-refractivity contribution in [1.82, 2.24) is 6.15 Å². The van der Waals surface area contributed by atoms with Crippen molar-refractivity contribution < 1.29 is 16.8 Å². The van der Waals surface area contributed by atoms with Gasteiger partial charge >= 0.3 is 10.4 Å². The summed E-state index contributed by atoms with van der Waals surface area (Å²) in [6, 6.07) is 0. The highest BCUT2D eigenvalue weighted by atomic mass is 32.3. The van der Waals surface area contributed by atoms with E-state index in [0.29, 0.717) is 0 Å². The molecule has 0 atom stereocenters. The van der Waals surface area contributed by atoms with Gasteiger partial charge in [0.2, 0.25) is 0 Å². The van der Waals surface area contributed by atoms with Crippen LogP contribution in [-0.4, -0.2) is 21.1 Å². The molecule has 0 saturated carbocycles. The standard InChI is InChI=1S/C16H34O4S.H3N/c1-5-6-7-8-9-10-11-12-13-14-15-16(2,3)20-21(17,18)19-4;/h5-15H2,1-4H3;1H3. The van der Waals surface area contributed by atoms with Gasteiger partial charge < -0.3 is 6.15 Å². The first-order valence-corrected chi connectivity index (χ1v) is 9.67. The lowest BCUT2D eigenvalue weighted by atomic mass is 9.99. The maximum atomic E-state index is 11.3. The fraction of sp³-hybridized carbons (Fsp3) is 1.00. The van der Waals surface area contributed by atoms with Gasteiger partial charge in [0.25, 0.3) is 0 Å². The third-order valence-electron chi connectivity index (χ3n) is 3.66. The molecule has 6 heteroatoms. The molecule has 3 N–H and O–H groups in total. The van der Waals surface area contributed by atoms with Crippen LogP contribution in [0.5, 0.6) is 0 Å². The summed E-state index contributed by atoms with van der Waals surface area (Å²) in [7, 11) is -2.72. The molecule has 0 unspecified atom stereocenters. The Morgan fingerprint density at radius 1 is 0.818 bits per heavy atom. The van der Waals surface area contributed by atoms with Crippen molar-refractivity contribution in [3.05, 3.63) is 0 Å². The van der Waals surface area contributed by atoms with E-state index < -0.39 is 16.0 Å². The van der Waals surface area contributed by atoms with Crippen LogP contribution in [-0.2, 0) is 18.8 Å². The molecule has 0 saturated heterocycles.